The molecule has 1 atom stereocenters. The molecule has 138 valence electrons. The second kappa shape index (κ2) is 7.25. The molecule has 1 aliphatic heterocycles. The molecule has 0 saturated carbocycles. The second-order valence-corrected chi connectivity index (χ2v) is 8.42. The van der Waals surface area contributed by atoms with Gasteiger partial charge in [-0.2, -0.15) is 4.31 Å². The number of nitrogens with zero attached hydrogens (tertiary/aromatic N) is 1. The Balaban J connectivity index is 1.82. The van der Waals surface area contributed by atoms with Gasteiger partial charge in [0.25, 0.3) is 0 Å². The van der Waals surface area contributed by atoms with E-state index in [-0.39, 0.29) is 22.8 Å². The summed E-state index contributed by atoms with van der Waals surface area (Å²) in [6, 6.07) is 8.92. The number of benzene rings is 2. The average Bonchev–Trinajstić information content (AvgIpc) is 2.64. The van der Waals surface area contributed by atoms with Gasteiger partial charge >= 0.3 is 0 Å². The number of aryl methyl sites for hydroxylation is 1. The van der Waals surface area contributed by atoms with Gasteiger partial charge in [-0.1, -0.05) is 0 Å². The van der Waals surface area contributed by atoms with Gasteiger partial charge in [0.1, 0.15) is 11.6 Å². The summed E-state index contributed by atoms with van der Waals surface area (Å²) >= 11 is 0. The van der Waals surface area contributed by atoms with Crippen molar-refractivity contribution in [2.24, 2.45) is 5.92 Å². The minimum absolute atomic E-state index is 0.0197. The number of ketones is 1. The van der Waals surface area contributed by atoms with Crippen LogP contribution in [0.25, 0.3) is 0 Å². The lowest BCUT2D eigenvalue weighted by atomic mass is 9.91. The quantitative estimate of drug-likeness (QED) is 0.764. The van der Waals surface area contributed by atoms with Gasteiger partial charge in [0.15, 0.2) is 5.78 Å². The van der Waals surface area contributed by atoms with E-state index >= 15 is 0 Å². The number of hydrogen-bond donors (Lipinski definition) is 0. The summed E-state index contributed by atoms with van der Waals surface area (Å²) in [6.45, 7) is 1.88. The first kappa shape index (κ1) is 18.7. The van der Waals surface area contributed by atoms with Crippen molar-refractivity contribution in [3.63, 3.8) is 0 Å². The van der Waals surface area contributed by atoms with Crippen LogP contribution in [0.5, 0.6) is 0 Å². The molecule has 2 aromatic rings. The number of sulfonamides is 1. The maximum Gasteiger partial charge on any atom is 0.243 e. The van der Waals surface area contributed by atoms with E-state index in [1.54, 1.807) is 0 Å². The van der Waals surface area contributed by atoms with Gasteiger partial charge in [0, 0.05) is 24.6 Å². The summed E-state index contributed by atoms with van der Waals surface area (Å²) in [5, 5.41) is 0. The van der Waals surface area contributed by atoms with E-state index in [0.717, 1.165) is 6.07 Å². The van der Waals surface area contributed by atoms with Gasteiger partial charge in [-0.15, -0.1) is 0 Å². The zero-order valence-corrected chi connectivity index (χ0v) is 15.1. The van der Waals surface area contributed by atoms with Crippen LogP contribution in [0, 0.1) is 24.5 Å². The molecule has 7 heteroatoms. The van der Waals surface area contributed by atoms with Crippen LogP contribution in [0.3, 0.4) is 0 Å². The molecular weight excluding hydrogens is 360 g/mol. The highest BCUT2D eigenvalue weighted by Crippen LogP contribution is 2.27. The van der Waals surface area contributed by atoms with Crippen molar-refractivity contribution in [2.75, 3.05) is 13.1 Å². The molecule has 0 N–H and O–H groups in total. The van der Waals surface area contributed by atoms with Gasteiger partial charge in [-0.25, -0.2) is 17.2 Å². The van der Waals surface area contributed by atoms with Crippen molar-refractivity contribution in [1.82, 2.24) is 4.31 Å². The summed E-state index contributed by atoms with van der Waals surface area (Å²) in [5.41, 5.74) is 0.621. The van der Waals surface area contributed by atoms with Crippen LogP contribution in [0.15, 0.2) is 47.4 Å². The second-order valence-electron chi connectivity index (χ2n) is 6.48. The normalized spacial score (nSPS) is 18.7. The largest absolute Gasteiger partial charge is 0.294 e. The Morgan fingerprint density at radius 1 is 1.12 bits per heavy atom. The average molecular weight is 379 g/mol. The molecule has 4 nitrogen and oxygen atoms in total. The SMILES string of the molecule is Cc1cc(S(=O)(=O)N2CCCC(C(=O)c3ccc(F)cc3)C2)ccc1F. The van der Waals surface area contributed by atoms with Crippen LogP contribution in [0.2, 0.25) is 0 Å². The molecule has 1 saturated heterocycles. The molecular formula is C19H19F2NO3S. The van der Waals surface area contributed by atoms with Crippen LogP contribution in [0.4, 0.5) is 8.78 Å². The molecule has 3 rings (SSSR count). The fraction of sp³-hybridized carbons (Fsp3) is 0.316. The fourth-order valence-corrected chi connectivity index (χ4v) is 4.76. The third-order valence-electron chi connectivity index (χ3n) is 4.65. The number of carbonyl (C=O) groups excluding carboxylic acids is 1. The first-order valence-corrected chi connectivity index (χ1v) is 9.79. The zero-order chi connectivity index (χ0) is 18.9. The van der Waals surface area contributed by atoms with Gasteiger partial charge in [0.2, 0.25) is 10.0 Å². The monoisotopic (exact) mass is 379 g/mol. The molecule has 26 heavy (non-hydrogen) atoms. The molecule has 1 unspecified atom stereocenters. The third-order valence-corrected chi connectivity index (χ3v) is 6.51. The van der Waals surface area contributed by atoms with E-state index in [9.17, 15) is 22.0 Å². The fourth-order valence-electron chi connectivity index (χ4n) is 3.15. The number of carbonyl (C=O) groups is 1. The standard InChI is InChI=1S/C19H19F2NO3S/c1-13-11-17(8-9-18(13)21)26(24,25)22-10-2-3-15(12-22)19(23)14-4-6-16(20)7-5-14/h4-9,11,15H,2-3,10,12H2,1H3. The van der Waals surface area contributed by atoms with Gasteiger partial charge in [0.05, 0.1) is 4.90 Å². The first-order valence-electron chi connectivity index (χ1n) is 8.35. The molecule has 0 radical (unpaired) electrons. The van der Waals surface area contributed by atoms with Crippen molar-refractivity contribution in [1.29, 1.82) is 0 Å². The summed E-state index contributed by atoms with van der Waals surface area (Å²) in [6.07, 6.45) is 1.13. The number of hydrogen-bond acceptors (Lipinski definition) is 3. The Morgan fingerprint density at radius 3 is 2.46 bits per heavy atom. The van der Waals surface area contributed by atoms with Crippen molar-refractivity contribution in [2.45, 2.75) is 24.7 Å². The topological polar surface area (TPSA) is 54.5 Å². The molecule has 1 fully saturated rings. The Bertz CT molecular complexity index is 926. The Labute approximate surface area is 151 Å². The molecule has 1 aliphatic rings. The molecule has 0 amide bonds. The lowest BCUT2D eigenvalue weighted by molar-refractivity contribution is 0.0872. The smallest absolute Gasteiger partial charge is 0.243 e. The molecule has 1 heterocycles. The van der Waals surface area contributed by atoms with E-state index in [1.807, 2.05) is 0 Å². The van der Waals surface area contributed by atoms with E-state index in [4.69, 9.17) is 0 Å². The highest BCUT2D eigenvalue weighted by atomic mass is 32.2. The highest BCUT2D eigenvalue weighted by Gasteiger charge is 2.33. The lowest BCUT2D eigenvalue weighted by Crippen LogP contribution is -2.42. The van der Waals surface area contributed by atoms with Gasteiger partial charge < -0.3 is 0 Å². The highest BCUT2D eigenvalue weighted by molar-refractivity contribution is 7.89. The summed E-state index contributed by atoms with van der Waals surface area (Å²) in [5.74, 6) is -1.57. The predicted molar refractivity (Wildman–Crippen MR) is 93.4 cm³/mol. The summed E-state index contributed by atoms with van der Waals surface area (Å²) in [7, 11) is -3.80. The minimum atomic E-state index is -3.80. The van der Waals surface area contributed by atoms with E-state index in [0.29, 0.717) is 24.9 Å². The van der Waals surface area contributed by atoms with Crippen molar-refractivity contribution >= 4 is 15.8 Å². The minimum Gasteiger partial charge on any atom is -0.294 e. The molecule has 0 bridgehead atoms. The zero-order valence-electron chi connectivity index (χ0n) is 14.3. The molecule has 2 aromatic carbocycles. The summed E-state index contributed by atoms with van der Waals surface area (Å²) < 4.78 is 53.4. The van der Waals surface area contributed by atoms with Crippen molar-refractivity contribution in [3.05, 3.63) is 65.2 Å². The Kier molecular flexibility index (Phi) is 5.20. The van der Waals surface area contributed by atoms with Crippen LogP contribution >= 0.6 is 0 Å². The first-order chi connectivity index (χ1) is 12.3. The van der Waals surface area contributed by atoms with Crippen LogP contribution < -0.4 is 0 Å². The van der Waals surface area contributed by atoms with Crippen LogP contribution in [0.1, 0.15) is 28.8 Å². The maximum atomic E-state index is 13.4. The van der Waals surface area contributed by atoms with E-state index in [1.165, 1.54) is 47.6 Å². The lowest BCUT2D eigenvalue weighted by Gasteiger charge is -2.31. The Morgan fingerprint density at radius 2 is 1.81 bits per heavy atom. The number of piperidine rings is 1. The van der Waals surface area contributed by atoms with Crippen LogP contribution in [-0.2, 0) is 10.0 Å². The molecule has 0 aliphatic carbocycles. The molecule has 0 spiro atoms. The van der Waals surface area contributed by atoms with E-state index in [2.05, 4.69) is 0 Å². The maximum absolute atomic E-state index is 13.4. The van der Waals surface area contributed by atoms with Gasteiger partial charge in [-0.3, -0.25) is 4.79 Å². The summed E-state index contributed by atoms with van der Waals surface area (Å²) in [4.78, 5) is 12.6. The Hall–Kier alpha value is -2.12. The number of halogens is 2. The van der Waals surface area contributed by atoms with Crippen molar-refractivity contribution < 1.29 is 22.0 Å². The third kappa shape index (κ3) is 3.68. The van der Waals surface area contributed by atoms with Gasteiger partial charge in [-0.05, 0) is 67.8 Å². The molecule has 0 aromatic heterocycles. The van der Waals surface area contributed by atoms with E-state index < -0.39 is 27.6 Å². The van der Waals surface area contributed by atoms with Crippen molar-refractivity contribution in [3.8, 4) is 0 Å². The van der Waals surface area contributed by atoms with Crippen LogP contribution in [-0.4, -0.2) is 31.6 Å². The predicted octanol–water partition coefficient (Wildman–Crippen LogP) is 3.56. The number of Topliss-reactive ketones (excluding diaryl/α,β-unsaturated/α-hetero) is 1. The number of rotatable bonds is 4.